The van der Waals surface area contributed by atoms with E-state index in [1.807, 2.05) is 6.92 Å². The molecular formula is C26H25F2NO5. The molecule has 1 aliphatic heterocycles. The van der Waals surface area contributed by atoms with Gasteiger partial charge in [0.1, 0.15) is 5.82 Å². The number of hydrogen-bond donors (Lipinski definition) is 1. The van der Waals surface area contributed by atoms with Gasteiger partial charge in [0.05, 0.1) is 23.3 Å². The maximum absolute atomic E-state index is 15.2. The Labute approximate surface area is 194 Å². The minimum Gasteiger partial charge on any atom is -0.490 e. The molecule has 178 valence electrons. The average molecular weight is 469 g/mol. The number of hydrogen-bond acceptors (Lipinski definition) is 4. The van der Waals surface area contributed by atoms with Crippen molar-refractivity contribution < 1.29 is 28.2 Å². The van der Waals surface area contributed by atoms with E-state index < -0.39 is 34.9 Å². The van der Waals surface area contributed by atoms with Crippen LogP contribution in [0.25, 0.3) is 21.9 Å². The van der Waals surface area contributed by atoms with Crippen molar-refractivity contribution in [1.29, 1.82) is 0 Å². The standard InChI is InChI=1S/C26H25F2NO5/c1-13-14-7-5-11-33-22(14)18(28)12-16(13)19-15-6-4-8-17(27)20(15)24(30)29(3)21(19)23(25(31)32)34-26(2)9-10-26/h4,6,8,12,23H,5,7,9-11H2,1-3H3,(H,31,32). The zero-order chi connectivity index (χ0) is 24.4. The molecule has 1 fully saturated rings. The van der Waals surface area contributed by atoms with Crippen LogP contribution in [0.5, 0.6) is 5.75 Å². The van der Waals surface area contributed by atoms with E-state index >= 15 is 4.39 Å². The third-order valence-electron chi connectivity index (χ3n) is 6.95. The first-order chi connectivity index (χ1) is 16.1. The minimum atomic E-state index is -1.50. The number of aromatic nitrogens is 1. The molecule has 0 amide bonds. The smallest absolute Gasteiger partial charge is 0.339 e. The van der Waals surface area contributed by atoms with E-state index in [0.717, 1.165) is 4.57 Å². The van der Waals surface area contributed by atoms with Crippen LogP contribution in [-0.2, 0) is 23.0 Å². The number of benzene rings is 2. The highest BCUT2D eigenvalue weighted by atomic mass is 19.1. The number of pyridine rings is 1. The quantitative estimate of drug-likeness (QED) is 0.580. The molecule has 2 heterocycles. The fourth-order valence-electron chi connectivity index (χ4n) is 4.84. The van der Waals surface area contributed by atoms with E-state index in [-0.39, 0.29) is 27.8 Å². The van der Waals surface area contributed by atoms with E-state index in [1.165, 1.54) is 25.2 Å². The molecule has 1 unspecified atom stereocenters. The first-order valence-corrected chi connectivity index (χ1v) is 11.3. The van der Waals surface area contributed by atoms with Crippen molar-refractivity contribution in [3.63, 3.8) is 0 Å². The van der Waals surface area contributed by atoms with E-state index in [2.05, 4.69) is 0 Å². The molecular weight excluding hydrogens is 444 g/mol. The second-order valence-electron chi connectivity index (χ2n) is 9.36. The maximum atomic E-state index is 15.2. The van der Waals surface area contributed by atoms with Crippen LogP contribution >= 0.6 is 0 Å². The highest BCUT2D eigenvalue weighted by Gasteiger charge is 2.44. The Kier molecular flexibility index (Phi) is 5.24. The predicted octanol–water partition coefficient (Wildman–Crippen LogP) is 4.81. The number of aliphatic carboxylic acids is 1. The first kappa shape index (κ1) is 22.5. The molecule has 1 saturated carbocycles. The van der Waals surface area contributed by atoms with E-state index in [4.69, 9.17) is 9.47 Å². The molecule has 3 aromatic rings. The molecule has 1 N–H and O–H groups in total. The third kappa shape index (κ3) is 3.48. The van der Waals surface area contributed by atoms with Gasteiger partial charge in [-0.3, -0.25) is 4.79 Å². The predicted molar refractivity (Wildman–Crippen MR) is 122 cm³/mol. The number of rotatable bonds is 5. The van der Waals surface area contributed by atoms with Crippen LogP contribution < -0.4 is 10.3 Å². The molecule has 0 spiro atoms. The van der Waals surface area contributed by atoms with Crippen LogP contribution in [0, 0.1) is 18.6 Å². The van der Waals surface area contributed by atoms with Crippen LogP contribution in [0.15, 0.2) is 29.1 Å². The Morgan fingerprint density at radius 1 is 1.26 bits per heavy atom. The summed E-state index contributed by atoms with van der Waals surface area (Å²) >= 11 is 0. The largest absolute Gasteiger partial charge is 0.490 e. The van der Waals surface area contributed by atoms with Crippen LogP contribution in [-0.4, -0.2) is 27.9 Å². The lowest BCUT2D eigenvalue weighted by Crippen LogP contribution is -2.31. The molecule has 34 heavy (non-hydrogen) atoms. The highest BCUT2D eigenvalue weighted by molar-refractivity contribution is 6.00. The zero-order valence-corrected chi connectivity index (χ0v) is 19.2. The molecule has 6 nitrogen and oxygen atoms in total. The molecule has 1 atom stereocenters. The SMILES string of the molecule is Cc1c(-c2c(C(OC3(C)CC3)C(=O)O)n(C)c(=O)c3c(F)cccc23)cc(F)c2c1CCCO2. The van der Waals surface area contributed by atoms with Crippen molar-refractivity contribution in [2.45, 2.75) is 51.2 Å². The van der Waals surface area contributed by atoms with Gasteiger partial charge in [0.2, 0.25) is 0 Å². The average Bonchev–Trinajstić information content (AvgIpc) is 3.54. The van der Waals surface area contributed by atoms with Crippen molar-refractivity contribution in [1.82, 2.24) is 4.57 Å². The Hall–Kier alpha value is -3.26. The van der Waals surface area contributed by atoms with Gasteiger partial charge in [0.25, 0.3) is 5.56 Å². The minimum absolute atomic E-state index is 0.0582. The molecule has 1 aromatic heterocycles. The summed E-state index contributed by atoms with van der Waals surface area (Å²) in [6.07, 6.45) is 1.18. The molecule has 2 aliphatic rings. The second kappa shape index (κ2) is 7.91. The molecule has 0 bridgehead atoms. The van der Waals surface area contributed by atoms with Gasteiger partial charge in [-0.25, -0.2) is 13.6 Å². The maximum Gasteiger partial charge on any atom is 0.339 e. The van der Waals surface area contributed by atoms with Crippen molar-refractivity contribution in [3.05, 3.63) is 63.1 Å². The number of fused-ring (bicyclic) bond motifs is 2. The number of carbonyl (C=O) groups is 1. The molecule has 0 saturated heterocycles. The van der Waals surface area contributed by atoms with Gasteiger partial charge < -0.3 is 19.1 Å². The number of carboxylic acids is 1. The summed E-state index contributed by atoms with van der Waals surface area (Å²) in [7, 11) is 1.40. The molecule has 8 heteroatoms. The Morgan fingerprint density at radius 2 is 2.00 bits per heavy atom. The summed E-state index contributed by atoms with van der Waals surface area (Å²) in [5.74, 6) is -2.40. The Bertz CT molecular complexity index is 1410. The summed E-state index contributed by atoms with van der Waals surface area (Å²) in [4.78, 5) is 25.7. The topological polar surface area (TPSA) is 77.8 Å². The summed E-state index contributed by atoms with van der Waals surface area (Å²) in [6.45, 7) is 4.03. The Balaban J connectivity index is 1.91. The van der Waals surface area contributed by atoms with Gasteiger partial charge in [-0.15, -0.1) is 0 Å². The third-order valence-corrected chi connectivity index (χ3v) is 6.95. The molecule has 5 rings (SSSR count). The normalized spacial score (nSPS) is 17.2. The summed E-state index contributed by atoms with van der Waals surface area (Å²) in [5.41, 5.74) is 0.801. The van der Waals surface area contributed by atoms with E-state index in [1.54, 1.807) is 13.0 Å². The van der Waals surface area contributed by atoms with Gasteiger partial charge >= 0.3 is 5.97 Å². The van der Waals surface area contributed by atoms with Crippen molar-refractivity contribution in [3.8, 4) is 16.9 Å². The lowest BCUT2D eigenvalue weighted by atomic mass is 9.87. The van der Waals surface area contributed by atoms with Crippen molar-refractivity contribution in [2.75, 3.05) is 6.61 Å². The monoisotopic (exact) mass is 469 g/mol. The fourth-order valence-corrected chi connectivity index (χ4v) is 4.84. The number of nitrogens with zero attached hydrogens (tertiary/aromatic N) is 1. The number of ether oxygens (including phenoxy) is 2. The van der Waals surface area contributed by atoms with Crippen molar-refractivity contribution in [2.24, 2.45) is 7.05 Å². The Morgan fingerprint density at radius 3 is 2.68 bits per heavy atom. The summed E-state index contributed by atoms with van der Waals surface area (Å²) in [6, 6.07) is 5.47. The van der Waals surface area contributed by atoms with Gasteiger partial charge in [0, 0.05) is 18.2 Å². The second-order valence-corrected chi connectivity index (χ2v) is 9.36. The first-order valence-electron chi connectivity index (χ1n) is 11.3. The van der Waals surface area contributed by atoms with E-state index in [9.17, 15) is 19.1 Å². The van der Waals surface area contributed by atoms with Crippen LogP contribution in [0.1, 0.15) is 49.1 Å². The van der Waals surface area contributed by atoms with E-state index in [0.29, 0.717) is 49.0 Å². The molecule has 0 radical (unpaired) electrons. The van der Waals surface area contributed by atoms with Gasteiger partial charge in [-0.1, -0.05) is 12.1 Å². The van der Waals surface area contributed by atoms with Crippen LogP contribution in [0.4, 0.5) is 8.78 Å². The lowest BCUT2D eigenvalue weighted by molar-refractivity contribution is -0.156. The summed E-state index contributed by atoms with van der Waals surface area (Å²) < 4.78 is 42.8. The fraction of sp³-hybridized carbons (Fsp3) is 0.385. The van der Waals surface area contributed by atoms with Gasteiger partial charge in [-0.05, 0) is 68.2 Å². The van der Waals surface area contributed by atoms with Gasteiger partial charge in [0.15, 0.2) is 17.7 Å². The van der Waals surface area contributed by atoms with Crippen LogP contribution in [0.2, 0.25) is 0 Å². The number of carboxylic acid groups (broad SMARTS) is 1. The summed E-state index contributed by atoms with van der Waals surface area (Å²) in [5, 5.41) is 10.2. The van der Waals surface area contributed by atoms with Crippen LogP contribution in [0.3, 0.4) is 0 Å². The molecule has 1 aliphatic carbocycles. The molecule has 2 aromatic carbocycles. The van der Waals surface area contributed by atoms with Crippen molar-refractivity contribution >= 4 is 16.7 Å². The zero-order valence-electron chi connectivity index (χ0n) is 19.2. The van der Waals surface area contributed by atoms with Gasteiger partial charge in [-0.2, -0.15) is 0 Å². The number of halogens is 2. The lowest BCUT2D eigenvalue weighted by Gasteiger charge is -2.27. The highest BCUT2D eigenvalue weighted by Crippen LogP contribution is 2.46.